The second-order valence-electron chi connectivity index (χ2n) is 5.02. The average Bonchev–Trinajstić information content (AvgIpc) is 3.02. The van der Waals surface area contributed by atoms with Gasteiger partial charge in [-0.3, -0.25) is 10.1 Å². The lowest BCUT2D eigenvalue weighted by Crippen LogP contribution is -1.99. The maximum atomic E-state index is 4.34. The van der Waals surface area contributed by atoms with Crippen molar-refractivity contribution in [1.29, 1.82) is 0 Å². The first-order valence-electron chi connectivity index (χ1n) is 6.90. The highest BCUT2D eigenvalue weighted by Gasteiger charge is 2.02. The summed E-state index contributed by atoms with van der Waals surface area (Å²) in [4.78, 5) is 4.34. The van der Waals surface area contributed by atoms with Crippen molar-refractivity contribution in [3.63, 3.8) is 0 Å². The van der Waals surface area contributed by atoms with Crippen molar-refractivity contribution >= 4 is 27.5 Å². The fraction of sp³-hybridized carbons (Fsp3) is 0.0588. The Bertz CT molecular complexity index is 911. The smallest absolute Gasteiger partial charge is 0.0702 e. The highest BCUT2D eigenvalue weighted by atomic mass is 15.1. The number of hydrogen-bond donors (Lipinski definition) is 2. The largest absolute Gasteiger partial charge is 0.380 e. The molecule has 102 valence electrons. The molecule has 0 aliphatic carbocycles. The van der Waals surface area contributed by atoms with Gasteiger partial charge in [-0.1, -0.05) is 18.2 Å². The molecular weight excluding hydrogens is 260 g/mol. The number of nitrogens with zero attached hydrogens (tertiary/aromatic N) is 2. The summed E-state index contributed by atoms with van der Waals surface area (Å²) >= 11 is 0. The predicted octanol–water partition coefficient (Wildman–Crippen LogP) is 3.72. The van der Waals surface area contributed by atoms with Crippen molar-refractivity contribution in [1.82, 2.24) is 15.2 Å². The molecule has 2 aromatic heterocycles. The van der Waals surface area contributed by atoms with Crippen molar-refractivity contribution in [3.05, 3.63) is 66.5 Å². The van der Waals surface area contributed by atoms with Gasteiger partial charge >= 0.3 is 0 Å². The molecule has 2 aromatic carbocycles. The Balaban J connectivity index is 1.61. The molecule has 4 rings (SSSR count). The summed E-state index contributed by atoms with van der Waals surface area (Å²) in [6.07, 6.45) is 3.67. The lowest BCUT2D eigenvalue weighted by atomic mass is 10.1. The molecule has 0 atom stereocenters. The van der Waals surface area contributed by atoms with Crippen LogP contribution in [0.25, 0.3) is 21.8 Å². The van der Waals surface area contributed by atoms with Gasteiger partial charge in [-0.2, -0.15) is 5.10 Å². The van der Waals surface area contributed by atoms with E-state index in [9.17, 15) is 0 Å². The molecule has 0 radical (unpaired) electrons. The summed E-state index contributed by atoms with van der Waals surface area (Å²) in [5.74, 6) is 0. The van der Waals surface area contributed by atoms with Crippen LogP contribution >= 0.6 is 0 Å². The number of nitrogens with one attached hydrogen (secondary N) is 2. The summed E-state index contributed by atoms with van der Waals surface area (Å²) in [7, 11) is 0. The predicted molar refractivity (Wildman–Crippen MR) is 85.2 cm³/mol. The van der Waals surface area contributed by atoms with Crippen LogP contribution < -0.4 is 5.32 Å². The van der Waals surface area contributed by atoms with Gasteiger partial charge in [0.25, 0.3) is 0 Å². The Morgan fingerprint density at radius 3 is 3.05 bits per heavy atom. The van der Waals surface area contributed by atoms with Crippen LogP contribution in [0.5, 0.6) is 0 Å². The Kier molecular flexibility index (Phi) is 2.78. The fourth-order valence-corrected chi connectivity index (χ4v) is 2.55. The minimum absolute atomic E-state index is 0.773. The quantitative estimate of drug-likeness (QED) is 0.598. The van der Waals surface area contributed by atoms with Crippen LogP contribution in [-0.4, -0.2) is 15.2 Å². The zero-order valence-electron chi connectivity index (χ0n) is 11.4. The molecule has 0 saturated heterocycles. The van der Waals surface area contributed by atoms with Gasteiger partial charge in [0.1, 0.15) is 0 Å². The molecule has 2 heterocycles. The van der Waals surface area contributed by atoms with E-state index in [1.807, 2.05) is 30.6 Å². The first-order chi connectivity index (χ1) is 10.4. The van der Waals surface area contributed by atoms with E-state index in [4.69, 9.17) is 0 Å². The molecule has 21 heavy (non-hydrogen) atoms. The number of aromatic amines is 1. The van der Waals surface area contributed by atoms with Crippen molar-refractivity contribution in [2.45, 2.75) is 6.54 Å². The molecule has 0 unspecified atom stereocenters. The minimum Gasteiger partial charge on any atom is -0.380 e. The second-order valence-corrected chi connectivity index (χ2v) is 5.02. The standard InChI is InChI=1S/C17H14N4/c1-4-16(14-11-20-21-17(14)5-1)19-10-12-6-7-15-13(9-12)3-2-8-18-15/h1-9,11,19H,10H2,(H,20,21). The number of fused-ring (bicyclic) bond motifs is 2. The number of rotatable bonds is 3. The summed E-state index contributed by atoms with van der Waals surface area (Å²) in [5, 5.41) is 12.8. The van der Waals surface area contributed by atoms with Crippen molar-refractivity contribution in [3.8, 4) is 0 Å². The number of H-pyrrole nitrogens is 1. The highest BCUT2D eigenvalue weighted by Crippen LogP contribution is 2.22. The van der Waals surface area contributed by atoms with Gasteiger partial charge in [0.2, 0.25) is 0 Å². The number of anilines is 1. The van der Waals surface area contributed by atoms with Crippen molar-refractivity contribution < 1.29 is 0 Å². The Morgan fingerprint density at radius 1 is 1.05 bits per heavy atom. The molecule has 0 fully saturated rings. The summed E-state index contributed by atoms with van der Waals surface area (Å²) < 4.78 is 0. The van der Waals surface area contributed by atoms with Crippen molar-refractivity contribution in [2.75, 3.05) is 5.32 Å². The van der Waals surface area contributed by atoms with E-state index in [0.29, 0.717) is 0 Å². The molecule has 0 bridgehead atoms. The molecule has 2 N–H and O–H groups in total. The van der Waals surface area contributed by atoms with Gasteiger partial charge in [0.05, 0.1) is 17.2 Å². The van der Waals surface area contributed by atoms with E-state index in [1.54, 1.807) is 0 Å². The Labute approximate surface area is 121 Å². The first-order valence-corrected chi connectivity index (χ1v) is 6.90. The van der Waals surface area contributed by atoms with Crippen LogP contribution in [0.4, 0.5) is 5.69 Å². The maximum Gasteiger partial charge on any atom is 0.0702 e. The van der Waals surface area contributed by atoms with Crippen LogP contribution in [0.2, 0.25) is 0 Å². The number of aromatic nitrogens is 3. The van der Waals surface area contributed by atoms with Crippen LogP contribution in [0, 0.1) is 0 Å². The number of pyridine rings is 1. The summed E-state index contributed by atoms with van der Waals surface area (Å²) in [5.41, 5.74) is 4.39. The normalized spacial score (nSPS) is 11.0. The lowest BCUT2D eigenvalue weighted by molar-refractivity contribution is 1.12. The third-order valence-electron chi connectivity index (χ3n) is 3.64. The highest BCUT2D eigenvalue weighted by molar-refractivity contribution is 5.90. The zero-order chi connectivity index (χ0) is 14.1. The van der Waals surface area contributed by atoms with Gasteiger partial charge in [0, 0.05) is 29.2 Å². The lowest BCUT2D eigenvalue weighted by Gasteiger charge is -2.08. The summed E-state index contributed by atoms with van der Waals surface area (Å²) in [6.45, 7) is 0.773. The van der Waals surface area contributed by atoms with Gasteiger partial charge in [-0.15, -0.1) is 0 Å². The van der Waals surface area contributed by atoms with Gasteiger partial charge < -0.3 is 5.32 Å². The van der Waals surface area contributed by atoms with Crippen molar-refractivity contribution in [2.24, 2.45) is 0 Å². The van der Waals surface area contributed by atoms with E-state index in [1.165, 1.54) is 10.9 Å². The van der Waals surface area contributed by atoms with Crippen LogP contribution in [0.3, 0.4) is 0 Å². The van der Waals surface area contributed by atoms with E-state index >= 15 is 0 Å². The Hall–Kier alpha value is -2.88. The van der Waals surface area contributed by atoms with Gasteiger partial charge in [-0.25, -0.2) is 0 Å². The summed E-state index contributed by atoms with van der Waals surface area (Å²) in [6, 6.07) is 16.5. The molecular formula is C17H14N4. The molecule has 4 aromatic rings. The van der Waals surface area contributed by atoms with Gasteiger partial charge in [-0.05, 0) is 35.9 Å². The van der Waals surface area contributed by atoms with E-state index in [-0.39, 0.29) is 0 Å². The maximum absolute atomic E-state index is 4.34. The van der Waals surface area contributed by atoms with Gasteiger partial charge in [0.15, 0.2) is 0 Å². The Morgan fingerprint density at radius 2 is 2.05 bits per heavy atom. The molecule has 0 aliphatic rings. The minimum atomic E-state index is 0.773. The number of benzene rings is 2. The number of hydrogen-bond acceptors (Lipinski definition) is 3. The molecule has 0 aliphatic heterocycles. The van der Waals surface area contributed by atoms with Crippen LogP contribution in [0.1, 0.15) is 5.56 Å². The average molecular weight is 274 g/mol. The topological polar surface area (TPSA) is 53.6 Å². The molecule has 0 saturated carbocycles. The molecule has 0 amide bonds. The van der Waals surface area contributed by atoms with Crippen LogP contribution in [-0.2, 0) is 6.54 Å². The van der Waals surface area contributed by atoms with E-state index in [2.05, 4.69) is 50.8 Å². The third kappa shape index (κ3) is 2.21. The first kappa shape index (κ1) is 11.9. The fourth-order valence-electron chi connectivity index (χ4n) is 2.55. The molecule has 4 nitrogen and oxygen atoms in total. The van der Waals surface area contributed by atoms with Crippen LogP contribution in [0.15, 0.2) is 60.9 Å². The monoisotopic (exact) mass is 274 g/mol. The third-order valence-corrected chi connectivity index (χ3v) is 3.64. The molecule has 4 heteroatoms. The van der Waals surface area contributed by atoms with E-state index in [0.717, 1.165) is 28.7 Å². The molecule has 0 spiro atoms. The van der Waals surface area contributed by atoms with E-state index < -0.39 is 0 Å². The zero-order valence-corrected chi connectivity index (χ0v) is 11.4. The second kappa shape index (κ2) is 4.90. The SMILES string of the molecule is c1cnc2ccc(CNc3cccc4[nH]ncc34)cc2c1.